The van der Waals surface area contributed by atoms with Crippen LogP contribution in [0, 0.1) is 0 Å². The Labute approximate surface area is 145 Å². The van der Waals surface area contributed by atoms with Gasteiger partial charge in [-0.25, -0.2) is 0 Å². The number of aliphatic carboxylic acids is 1. The van der Waals surface area contributed by atoms with Gasteiger partial charge in [0.2, 0.25) is 4.74 Å². The van der Waals surface area contributed by atoms with Gasteiger partial charge in [0.05, 0.1) is 0 Å². The van der Waals surface area contributed by atoms with Crippen LogP contribution in [0.25, 0.3) is 21.2 Å². The summed E-state index contributed by atoms with van der Waals surface area (Å²) in [6.45, 7) is -0.643. The van der Waals surface area contributed by atoms with Crippen LogP contribution in [-0.2, 0) is 4.79 Å². The molecular formula is C17H12N2O5S. The lowest BCUT2D eigenvalue weighted by atomic mass is 10.0. The summed E-state index contributed by atoms with van der Waals surface area (Å²) in [5.74, 6) is -2.63. The number of amides is 1. The smallest absolute Gasteiger partial charge is 0.322 e. The molecule has 2 aromatic heterocycles. The molecule has 0 fully saturated rings. The van der Waals surface area contributed by atoms with Crippen molar-refractivity contribution in [3.8, 4) is 16.9 Å². The molecule has 0 bridgehead atoms. The van der Waals surface area contributed by atoms with Crippen molar-refractivity contribution in [3.05, 3.63) is 57.8 Å². The largest absolute Gasteiger partial charge is 0.506 e. The van der Waals surface area contributed by atoms with Gasteiger partial charge in [-0.05, 0) is 12.1 Å². The van der Waals surface area contributed by atoms with Crippen LogP contribution in [0.1, 0.15) is 10.4 Å². The highest BCUT2D eigenvalue weighted by molar-refractivity contribution is 7.17. The van der Waals surface area contributed by atoms with E-state index in [1.165, 1.54) is 0 Å². The third kappa shape index (κ3) is 3.20. The number of aromatic nitrogens is 1. The summed E-state index contributed by atoms with van der Waals surface area (Å²) in [5, 5.41) is 21.5. The van der Waals surface area contributed by atoms with Crippen molar-refractivity contribution < 1.29 is 19.8 Å². The summed E-state index contributed by atoms with van der Waals surface area (Å²) >= 11 is 0.815. The Bertz CT molecular complexity index is 1030. The van der Waals surface area contributed by atoms with Crippen LogP contribution in [0.4, 0.5) is 0 Å². The maximum Gasteiger partial charge on any atom is 0.322 e. The second-order valence-electron chi connectivity index (χ2n) is 5.11. The number of aromatic hydroxyl groups is 1. The lowest BCUT2D eigenvalue weighted by Crippen LogP contribution is -2.32. The number of hydrogen-bond donors (Lipinski definition) is 3. The van der Waals surface area contributed by atoms with Crippen LogP contribution < -0.4 is 10.1 Å². The molecule has 3 aromatic rings. The summed E-state index contributed by atoms with van der Waals surface area (Å²) < 4.78 is -0.128. The van der Waals surface area contributed by atoms with Crippen LogP contribution in [0.5, 0.6) is 5.75 Å². The van der Waals surface area contributed by atoms with Gasteiger partial charge >= 0.3 is 5.97 Å². The molecule has 8 heteroatoms. The number of carbonyl (C=O) groups excluding carboxylic acids is 1. The molecule has 0 atom stereocenters. The molecule has 0 aliphatic rings. The zero-order valence-electron chi connectivity index (χ0n) is 12.7. The number of fused-ring (bicyclic) bond motifs is 1. The van der Waals surface area contributed by atoms with Gasteiger partial charge in [-0.15, -0.1) is 0 Å². The van der Waals surface area contributed by atoms with Gasteiger partial charge in [0.15, 0.2) is 0 Å². The molecule has 0 spiro atoms. The van der Waals surface area contributed by atoms with E-state index in [4.69, 9.17) is 5.11 Å². The minimum atomic E-state index is -1.25. The average Bonchev–Trinajstić information content (AvgIpc) is 2.60. The number of carboxylic acid groups (broad SMARTS) is 1. The molecule has 25 heavy (non-hydrogen) atoms. The first-order valence-corrected chi connectivity index (χ1v) is 8.00. The maximum atomic E-state index is 12.4. The molecule has 0 saturated carbocycles. The average molecular weight is 356 g/mol. The molecule has 3 N–H and O–H groups in total. The molecule has 2 heterocycles. The van der Waals surface area contributed by atoms with E-state index in [2.05, 4.69) is 10.3 Å². The summed E-state index contributed by atoms with van der Waals surface area (Å²) in [6, 6.07) is 8.65. The number of nitrogens with one attached hydrogen (secondary N) is 1. The standard InChI is InChI=1S/C17H12N2O5S/c20-12(21)8-19-16(23)13-14(22)11-5-1-4-10(15(11)25-17(13)24)9-3-2-6-18-7-9/h1-7,22H,8H2,(H,19,23)(H,20,21). The SMILES string of the molecule is O=C(O)CNC(=O)c1c(O)c2cccc(-c3cccnc3)c2sc1=O. The van der Waals surface area contributed by atoms with Gasteiger partial charge in [-0.2, -0.15) is 0 Å². The van der Waals surface area contributed by atoms with Crippen LogP contribution >= 0.6 is 11.3 Å². The van der Waals surface area contributed by atoms with Crippen molar-refractivity contribution in [1.29, 1.82) is 0 Å². The Kier molecular flexibility index (Phi) is 4.44. The molecule has 126 valence electrons. The summed E-state index contributed by atoms with van der Waals surface area (Å²) in [4.78, 5) is 39.0. The van der Waals surface area contributed by atoms with E-state index in [1.54, 1.807) is 36.7 Å². The fourth-order valence-electron chi connectivity index (χ4n) is 2.40. The fraction of sp³-hybridized carbons (Fsp3) is 0.0588. The molecule has 0 aliphatic carbocycles. The van der Waals surface area contributed by atoms with Gasteiger partial charge in [0.1, 0.15) is 17.9 Å². The van der Waals surface area contributed by atoms with Crippen molar-refractivity contribution >= 4 is 33.3 Å². The van der Waals surface area contributed by atoms with Crippen molar-refractivity contribution in [3.63, 3.8) is 0 Å². The Morgan fingerprint density at radius 1 is 1.20 bits per heavy atom. The molecule has 1 amide bonds. The lowest BCUT2D eigenvalue weighted by Gasteiger charge is -2.10. The van der Waals surface area contributed by atoms with Crippen LogP contribution in [-0.4, -0.2) is 33.6 Å². The van der Waals surface area contributed by atoms with Gasteiger partial charge in [0, 0.05) is 33.6 Å². The second-order valence-corrected chi connectivity index (χ2v) is 6.10. The number of nitrogens with zero attached hydrogens (tertiary/aromatic N) is 1. The number of carbonyl (C=O) groups is 2. The Morgan fingerprint density at radius 2 is 2.00 bits per heavy atom. The Balaban J connectivity index is 2.17. The minimum absolute atomic E-state index is 0.339. The van der Waals surface area contributed by atoms with E-state index in [-0.39, 0.29) is 0 Å². The number of pyridine rings is 1. The highest BCUT2D eigenvalue weighted by Crippen LogP contribution is 2.35. The zero-order chi connectivity index (χ0) is 18.0. The van der Waals surface area contributed by atoms with Crippen LogP contribution in [0.2, 0.25) is 0 Å². The van der Waals surface area contributed by atoms with Crippen molar-refractivity contribution in [2.45, 2.75) is 0 Å². The van der Waals surface area contributed by atoms with Gasteiger partial charge < -0.3 is 15.5 Å². The van der Waals surface area contributed by atoms with E-state index in [0.29, 0.717) is 15.6 Å². The first-order valence-electron chi connectivity index (χ1n) is 7.18. The van der Waals surface area contributed by atoms with Crippen LogP contribution in [0.15, 0.2) is 47.5 Å². The third-order valence-electron chi connectivity index (χ3n) is 3.51. The van der Waals surface area contributed by atoms with E-state index in [9.17, 15) is 19.5 Å². The normalized spacial score (nSPS) is 10.6. The highest BCUT2D eigenvalue weighted by atomic mass is 32.1. The van der Waals surface area contributed by atoms with Crippen molar-refractivity contribution in [1.82, 2.24) is 10.3 Å². The number of carboxylic acids is 1. The van der Waals surface area contributed by atoms with Crippen LogP contribution in [0.3, 0.4) is 0 Å². The monoisotopic (exact) mass is 356 g/mol. The van der Waals surface area contributed by atoms with E-state index >= 15 is 0 Å². The lowest BCUT2D eigenvalue weighted by molar-refractivity contribution is -0.135. The van der Waals surface area contributed by atoms with Crippen molar-refractivity contribution in [2.75, 3.05) is 6.54 Å². The fourth-order valence-corrected chi connectivity index (χ4v) is 3.45. The zero-order valence-corrected chi connectivity index (χ0v) is 13.5. The highest BCUT2D eigenvalue weighted by Gasteiger charge is 2.21. The first kappa shape index (κ1) is 16.6. The molecule has 1 aromatic carbocycles. The van der Waals surface area contributed by atoms with Gasteiger partial charge in [-0.3, -0.25) is 19.4 Å². The molecule has 0 saturated heterocycles. The molecule has 0 unspecified atom stereocenters. The number of benzene rings is 1. The second kappa shape index (κ2) is 6.70. The Hall–Kier alpha value is -3.26. The Morgan fingerprint density at radius 3 is 2.68 bits per heavy atom. The first-order chi connectivity index (χ1) is 12.0. The topological polar surface area (TPSA) is 117 Å². The third-order valence-corrected chi connectivity index (χ3v) is 4.54. The minimum Gasteiger partial charge on any atom is -0.506 e. The summed E-state index contributed by atoms with van der Waals surface area (Å²) in [6.07, 6.45) is 3.26. The predicted molar refractivity (Wildman–Crippen MR) is 93.0 cm³/mol. The molecule has 0 radical (unpaired) electrons. The van der Waals surface area contributed by atoms with E-state index < -0.39 is 34.5 Å². The summed E-state index contributed by atoms with van der Waals surface area (Å²) in [7, 11) is 0. The predicted octanol–water partition coefficient (Wildman–Crippen LogP) is 1.84. The van der Waals surface area contributed by atoms with Gasteiger partial charge in [0.25, 0.3) is 5.91 Å². The van der Waals surface area contributed by atoms with E-state index in [0.717, 1.165) is 16.9 Å². The number of hydrogen-bond acceptors (Lipinski definition) is 6. The molecule has 7 nitrogen and oxygen atoms in total. The van der Waals surface area contributed by atoms with E-state index in [1.807, 2.05) is 6.07 Å². The quantitative estimate of drug-likeness (QED) is 0.657. The van der Waals surface area contributed by atoms with Crippen molar-refractivity contribution in [2.24, 2.45) is 0 Å². The van der Waals surface area contributed by atoms with Gasteiger partial charge in [-0.1, -0.05) is 29.5 Å². The maximum absolute atomic E-state index is 12.4. The molecule has 3 rings (SSSR count). The molecular weight excluding hydrogens is 344 g/mol. The number of rotatable bonds is 4. The molecule has 0 aliphatic heterocycles. The summed E-state index contributed by atoms with van der Waals surface area (Å²) in [5.41, 5.74) is 1.02.